The molecular weight excluding hydrogens is 278 g/mol. The minimum atomic E-state index is 0.248. The zero-order chi connectivity index (χ0) is 13.7. The maximum atomic E-state index is 10.3. The highest BCUT2D eigenvalue weighted by atomic mass is 32.1. The van der Waals surface area contributed by atoms with Crippen molar-refractivity contribution in [1.82, 2.24) is 4.98 Å². The molecule has 0 saturated heterocycles. The first kappa shape index (κ1) is 13.6. The van der Waals surface area contributed by atoms with Crippen LogP contribution in [-0.4, -0.2) is 16.4 Å². The van der Waals surface area contributed by atoms with Crippen LogP contribution in [0.5, 0.6) is 0 Å². The number of hydrogen-bond acceptors (Lipinski definition) is 4. The molecule has 0 saturated carbocycles. The smallest absolute Gasteiger partial charge is 0.168 e. The molecule has 0 spiro atoms. The third-order valence-corrected chi connectivity index (χ3v) is 3.51. The second kappa shape index (κ2) is 6.40. The van der Waals surface area contributed by atoms with Gasteiger partial charge in [0.1, 0.15) is 11.3 Å². The van der Waals surface area contributed by atoms with Crippen LogP contribution < -0.4 is 11.1 Å². The van der Waals surface area contributed by atoms with Crippen molar-refractivity contribution in [2.45, 2.75) is 12.8 Å². The number of thiazole rings is 1. The lowest BCUT2D eigenvalue weighted by Crippen LogP contribution is -2.18. The molecule has 0 aliphatic carbocycles. The monoisotopic (exact) mass is 291 g/mol. The second-order valence-corrected chi connectivity index (χ2v) is 5.21. The lowest BCUT2D eigenvalue weighted by molar-refractivity contribution is -0.107. The number of hydrogen-bond donors (Lipinski definition) is 2. The average Bonchev–Trinajstić information content (AvgIpc) is 2.85. The van der Waals surface area contributed by atoms with Crippen molar-refractivity contribution in [2.75, 3.05) is 5.32 Å². The SMILES string of the molecule is NC(=S)Nc1ccc(-c2nc(CCC=O)cs2)cc1. The summed E-state index contributed by atoms with van der Waals surface area (Å²) < 4.78 is 0. The summed E-state index contributed by atoms with van der Waals surface area (Å²) in [5.74, 6) is 0. The lowest BCUT2D eigenvalue weighted by Gasteiger charge is -2.03. The first-order valence-corrected chi connectivity index (χ1v) is 7.03. The van der Waals surface area contributed by atoms with Gasteiger partial charge < -0.3 is 15.8 Å². The number of thiocarbonyl (C=S) groups is 1. The number of carbonyl (C=O) groups is 1. The van der Waals surface area contributed by atoms with Gasteiger partial charge in [0.05, 0.1) is 5.69 Å². The molecule has 0 bridgehead atoms. The summed E-state index contributed by atoms with van der Waals surface area (Å²) in [5, 5.41) is 6.05. The maximum Gasteiger partial charge on any atom is 0.168 e. The van der Waals surface area contributed by atoms with E-state index >= 15 is 0 Å². The van der Waals surface area contributed by atoms with Gasteiger partial charge >= 0.3 is 0 Å². The van der Waals surface area contributed by atoms with Crippen molar-refractivity contribution < 1.29 is 4.79 Å². The van der Waals surface area contributed by atoms with E-state index in [0.29, 0.717) is 12.8 Å². The molecule has 1 aromatic heterocycles. The zero-order valence-electron chi connectivity index (χ0n) is 10.1. The Hall–Kier alpha value is -1.79. The van der Waals surface area contributed by atoms with Gasteiger partial charge in [-0.2, -0.15) is 0 Å². The predicted octanol–water partition coefficient (Wildman–Crippen LogP) is 2.60. The highest BCUT2D eigenvalue weighted by Gasteiger charge is 2.04. The summed E-state index contributed by atoms with van der Waals surface area (Å²) >= 11 is 6.35. The Labute approximate surface area is 120 Å². The van der Waals surface area contributed by atoms with E-state index < -0.39 is 0 Å². The highest BCUT2D eigenvalue weighted by molar-refractivity contribution is 7.80. The van der Waals surface area contributed by atoms with Crippen molar-refractivity contribution in [3.8, 4) is 10.6 Å². The molecule has 0 fully saturated rings. The Balaban J connectivity index is 2.10. The summed E-state index contributed by atoms with van der Waals surface area (Å²) in [7, 11) is 0. The predicted molar refractivity (Wildman–Crippen MR) is 82.3 cm³/mol. The van der Waals surface area contributed by atoms with Gasteiger partial charge in [-0.05, 0) is 42.9 Å². The highest BCUT2D eigenvalue weighted by Crippen LogP contribution is 2.25. The van der Waals surface area contributed by atoms with Crippen LogP contribution in [0.1, 0.15) is 12.1 Å². The number of aldehydes is 1. The number of aryl methyl sites for hydroxylation is 1. The summed E-state index contributed by atoms with van der Waals surface area (Å²) in [6, 6.07) is 7.73. The number of nitrogens with one attached hydrogen (secondary N) is 1. The summed E-state index contributed by atoms with van der Waals surface area (Å²) in [6.07, 6.45) is 2.12. The van der Waals surface area contributed by atoms with E-state index in [1.807, 2.05) is 29.6 Å². The summed E-state index contributed by atoms with van der Waals surface area (Å²) in [6.45, 7) is 0. The molecule has 2 rings (SSSR count). The molecule has 0 unspecified atom stereocenters. The molecule has 0 amide bonds. The topological polar surface area (TPSA) is 68.0 Å². The molecule has 0 aliphatic rings. The van der Waals surface area contributed by atoms with Gasteiger partial charge in [-0.15, -0.1) is 11.3 Å². The van der Waals surface area contributed by atoms with Gasteiger partial charge in [-0.25, -0.2) is 4.98 Å². The number of rotatable bonds is 5. The number of nitrogens with two attached hydrogens (primary N) is 1. The normalized spacial score (nSPS) is 10.1. The lowest BCUT2D eigenvalue weighted by atomic mass is 10.2. The number of anilines is 1. The Morgan fingerprint density at radius 2 is 2.16 bits per heavy atom. The Morgan fingerprint density at radius 3 is 2.79 bits per heavy atom. The molecule has 3 N–H and O–H groups in total. The number of aromatic nitrogens is 1. The fraction of sp³-hybridized carbons (Fsp3) is 0.154. The fourth-order valence-electron chi connectivity index (χ4n) is 1.60. The van der Waals surface area contributed by atoms with Crippen molar-refractivity contribution in [2.24, 2.45) is 5.73 Å². The summed E-state index contributed by atoms with van der Waals surface area (Å²) in [4.78, 5) is 14.8. The number of nitrogens with zero attached hydrogens (tertiary/aromatic N) is 1. The summed E-state index contributed by atoms with van der Waals surface area (Å²) in [5.41, 5.74) is 8.25. The van der Waals surface area contributed by atoms with Gasteiger partial charge in [-0.1, -0.05) is 0 Å². The molecule has 0 radical (unpaired) electrons. The molecule has 4 nitrogen and oxygen atoms in total. The van der Waals surface area contributed by atoms with E-state index in [1.165, 1.54) is 0 Å². The van der Waals surface area contributed by atoms with Crippen LogP contribution in [-0.2, 0) is 11.2 Å². The van der Waals surface area contributed by atoms with E-state index in [1.54, 1.807) is 11.3 Å². The van der Waals surface area contributed by atoms with Crippen molar-refractivity contribution in [3.05, 3.63) is 35.3 Å². The second-order valence-electron chi connectivity index (χ2n) is 3.92. The Bertz CT molecular complexity index is 578. The van der Waals surface area contributed by atoms with Crippen LogP contribution in [0.4, 0.5) is 5.69 Å². The maximum absolute atomic E-state index is 10.3. The van der Waals surface area contributed by atoms with Crippen molar-refractivity contribution in [3.63, 3.8) is 0 Å². The minimum Gasteiger partial charge on any atom is -0.376 e. The first-order chi connectivity index (χ1) is 9.19. The van der Waals surface area contributed by atoms with E-state index in [9.17, 15) is 4.79 Å². The van der Waals surface area contributed by atoms with Gasteiger partial charge in [0.2, 0.25) is 0 Å². The number of carbonyl (C=O) groups excluding carboxylic acids is 1. The van der Waals surface area contributed by atoms with Crippen LogP contribution in [0.2, 0.25) is 0 Å². The average molecular weight is 291 g/mol. The van der Waals surface area contributed by atoms with Crippen molar-refractivity contribution >= 4 is 40.6 Å². The minimum absolute atomic E-state index is 0.248. The van der Waals surface area contributed by atoms with Crippen LogP contribution in [0.25, 0.3) is 10.6 Å². The van der Waals surface area contributed by atoms with Crippen LogP contribution in [0, 0.1) is 0 Å². The van der Waals surface area contributed by atoms with Crippen LogP contribution in [0.3, 0.4) is 0 Å². The molecular formula is C13H13N3OS2. The first-order valence-electron chi connectivity index (χ1n) is 5.74. The van der Waals surface area contributed by atoms with E-state index in [-0.39, 0.29) is 5.11 Å². The Morgan fingerprint density at radius 1 is 1.42 bits per heavy atom. The third kappa shape index (κ3) is 3.84. The molecule has 2 aromatic rings. The van der Waals surface area contributed by atoms with Gasteiger partial charge in [0, 0.05) is 23.1 Å². The van der Waals surface area contributed by atoms with Gasteiger partial charge in [0.25, 0.3) is 0 Å². The third-order valence-electron chi connectivity index (χ3n) is 2.47. The Kier molecular flexibility index (Phi) is 4.59. The molecule has 0 atom stereocenters. The van der Waals surface area contributed by atoms with Gasteiger partial charge in [0.15, 0.2) is 5.11 Å². The quantitative estimate of drug-likeness (QED) is 0.654. The van der Waals surface area contributed by atoms with E-state index in [4.69, 9.17) is 18.0 Å². The zero-order valence-corrected chi connectivity index (χ0v) is 11.8. The molecule has 1 heterocycles. The van der Waals surface area contributed by atoms with Crippen LogP contribution >= 0.6 is 23.6 Å². The largest absolute Gasteiger partial charge is 0.376 e. The number of benzene rings is 1. The molecule has 6 heteroatoms. The standard InChI is InChI=1S/C13H13N3OS2/c14-13(18)16-10-5-3-9(4-6-10)12-15-11(8-19-12)2-1-7-17/h3-8H,1-2H2,(H3,14,16,18). The van der Waals surface area contributed by atoms with Crippen molar-refractivity contribution in [1.29, 1.82) is 0 Å². The molecule has 0 aliphatic heterocycles. The molecule has 98 valence electrons. The fourth-order valence-corrected chi connectivity index (χ4v) is 2.58. The van der Waals surface area contributed by atoms with Crippen LogP contribution in [0.15, 0.2) is 29.6 Å². The molecule has 1 aromatic carbocycles. The molecule has 19 heavy (non-hydrogen) atoms. The van der Waals surface area contributed by atoms with E-state index in [2.05, 4.69) is 10.3 Å². The van der Waals surface area contributed by atoms with Gasteiger partial charge in [-0.3, -0.25) is 0 Å². The van der Waals surface area contributed by atoms with E-state index in [0.717, 1.165) is 28.2 Å².